The average Bonchev–Trinajstić information content (AvgIpc) is 3.67. The predicted octanol–water partition coefficient (Wildman–Crippen LogP) is 3.50. The molecule has 1 aliphatic heterocycles. The molecule has 1 saturated heterocycles. The van der Waals surface area contributed by atoms with Gasteiger partial charge in [-0.2, -0.15) is 0 Å². The molecule has 1 heterocycles. The van der Waals surface area contributed by atoms with Crippen LogP contribution < -0.4 is 10.6 Å². The number of Topliss-reactive ketones (excluding diaryl/α,β-unsaturated/α-hetero) is 1. The summed E-state index contributed by atoms with van der Waals surface area (Å²) in [7, 11) is 0. The summed E-state index contributed by atoms with van der Waals surface area (Å²) in [4.78, 5) is 39.4. The van der Waals surface area contributed by atoms with Crippen molar-refractivity contribution < 1.29 is 24.2 Å². The van der Waals surface area contributed by atoms with Crippen LogP contribution in [0.4, 0.5) is 0 Å². The third kappa shape index (κ3) is 6.99. The molecule has 0 aromatic heterocycles. The number of nitrogens with one attached hydrogen (secondary N) is 2. The first-order valence-corrected chi connectivity index (χ1v) is 12.4. The SMILES string of the molecule is CCCC[C@H](NC(=O)c1cccc(-c2ccccc2)c1)C(=O)N[C@@H](CC(C)C)C(=O)C1(CO)CO1. The van der Waals surface area contributed by atoms with Gasteiger partial charge in [0, 0.05) is 5.56 Å². The largest absolute Gasteiger partial charge is 0.393 e. The molecule has 3 atom stereocenters. The van der Waals surface area contributed by atoms with Crippen molar-refractivity contribution in [1.82, 2.24) is 10.6 Å². The maximum absolute atomic E-state index is 13.3. The second kappa shape index (κ2) is 12.1. The number of hydrogen-bond acceptors (Lipinski definition) is 5. The van der Waals surface area contributed by atoms with Gasteiger partial charge in [0.2, 0.25) is 5.91 Å². The van der Waals surface area contributed by atoms with Crippen molar-refractivity contribution in [2.45, 2.75) is 64.1 Å². The van der Waals surface area contributed by atoms with Gasteiger partial charge in [-0.25, -0.2) is 0 Å². The number of ketones is 1. The lowest BCUT2D eigenvalue weighted by Gasteiger charge is -2.25. The summed E-state index contributed by atoms with van der Waals surface area (Å²) in [6, 6.07) is 15.5. The van der Waals surface area contributed by atoms with Crippen molar-refractivity contribution in [3.63, 3.8) is 0 Å². The fraction of sp³-hybridized carbons (Fsp3) is 0.464. The highest BCUT2D eigenvalue weighted by Gasteiger charge is 2.54. The molecule has 0 radical (unpaired) electrons. The molecular formula is C28H36N2O5. The van der Waals surface area contributed by atoms with Crippen LogP contribution in [-0.4, -0.2) is 53.6 Å². The van der Waals surface area contributed by atoms with Gasteiger partial charge in [0.25, 0.3) is 5.91 Å². The van der Waals surface area contributed by atoms with E-state index in [2.05, 4.69) is 10.6 Å². The molecular weight excluding hydrogens is 444 g/mol. The third-order valence-corrected chi connectivity index (χ3v) is 6.24. The Hall–Kier alpha value is -3.03. The van der Waals surface area contributed by atoms with Crippen molar-refractivity contribution in [1.29, 1.82) is 0 Å². The molecule has 0 bridgehead atoms. The van der Waals surface area contributed by atoms with E-state index in [1.807, 2.05) is 63.2 Å². The molecule has 0 spiro atoms. The molecule has 35 heavy (non-hydrogen) atoms. The number of carbonyl (C=O) groups excluding carboxylic acids is 3. The van der Waals surface area contributed by atoms with Crippen LogP contribution in [0.25, 0.3) is 11.1 Å². The highest BCUT2D eigenvalue weighted by atomic mass is 16.6. The van der Waals surface area contributed by atoms with E-state index >= 15 is 0 Å². The first-order valence-electron chi connectivity index (χ1n) is 12.4. The molecule has 7 nitrogen and oxygen atoms in total. The standard InChI is InChI=1S/C28H36N2O5/c1-4-5-14-23(27(34)30-24(15-19(2)3)25(32)28(17-31)18-35-28)29-26(33)22-13-9-12-21(16-22)20-10-7-6-8-11-20/h6-13,16,19,23-24,31H,4-5,14-15,17-18H2,1-3H3,(H,29,33)(H,30,34)/t23-,24-,28?/m0/s1. The van der Waals surface area contributed by atoms with E-state index in [9.17, 15) is 19.5 Å². The first kappa shape index (κ1) is 26.6. The van der Waals surface area contributed by atoms with Crippen LogP contribution >= 0.6 is 0 Å². The Morgan fingerprint density at radius 1 is 1.00 bits per heavy atom. The van der Waals surface area contributed by atoms with Crippen molar-refractivity contribution in [3.8, 4) is 11.1 Å². The van der Waals surface area contributed by atoms with E-state index in [0.29, 0.717) is 18.4 Å². The van der Waals surface area contributed by atoms with Crippen molar-refractivity contribution in [2.75, 3.05) is 13.2 Å². The van der Waals surface area contributed by atoms with Crippen molar-refractivity contribution in [3.05, 3.63) is 60.2 Å². The van der Waals surface area contributed by atoms with Gasteiger partial charge in [0.15, 0.2) is 11.4 Å². The lowest BCUT2D eigenvalue weighted by atomic mass is 9.92. The Morgan fingerprint density at radius 3 is 2.29 bits per heavy atom. The van der Waals surface area contributed by atoms with Crippen LogP contribution in [-0.2, 0) is 14.3 Å². The monoisotopic (exact) mass is 480 g/mol. The van der Waals surface area contributed by atoms with Crippen LogP contribution in [0.15, 0.2) is 54.6 Å². The second-order valence-corrected chi connectivity index (χ2v) is 9.61. The maximum Gasteiger partial charge on any atom is 0.251 e. The van der Waals surface area contributed by atoms with E-state index in [0.717, 1.165) is 24.0 Å². The molecule has 1 unspecified atom stereocenters. The highest BCUT2D eigenvalue weighted by Crippen LogP contribution is 2.30. The summed E-state index contributed by atoms with van der Waals surface area (Å²) in [5.41, 5.74) is 1.15. The molecule has 3 rings (SSSR count). The smallest absolute Gasteiger partial charge is 0.251 e. The van der Waals surface area contributed by atoms with Crippen molar-refractivity contribution in [2.24, 2.45) is 5.92 Å². The minimum atomic E-state index is -1.22. The number of ether oxygens (including phenoxy) is 1. The zero-order valence-electron chi connectivity index (χ0n) is 20.8. The van der Waals surface area contributed by atoms with E-state index in [-0.39, 0.29) is 24.2 Å². The van der Waals surface area contributed by atoms with Crippen LogP contribution in [0, 0.1) is 5.92 Å². The first-order chi connectivity index (χ1) is 16.8. The van der Waals surface area contributed by atoms with Crippen LogP contribution in [0.3, 0.4) is 0 Å². The van der Waals surface area contributed by atoms with E-state index in [4.69, 9.17) is 4.74 Å². The quantitative estimate of drug-likeness (QED) is 0.380. The Kier molecular flexibility index (Phi) is 9.18. The number of unbranched alkanes of at least 4 members (excludes halogenated alkanes) is 1. The lowest BCUT2D eigenvalue weighted by Crippen LogP contribution is -2.54. The number of benzene rings is 2. The molecule has 2 aromatic rings. The minimum Gasteiger partial charge on any atom is -0.393 e. The Morgan fingerprint density at radius 2 is 1.69 bits per heavy atom. The summed E-state index contributed by atoms with van der Waals surface area (Å²) < 4.78 is 5.23. The number of rotatable bonds is 13. The summed E-state index contributed by atoms with van der Waals surface area (Å²) in [6.07, 6.45) is 2.48. The maximum atomic E-state index is 13.3. The number of carbonyl (C=O) groups is 3. The zero-order valence-corrected chi connectivity index (χ0v) is 20.8. The van der Waals surface area contributed by atoms with E-state index in [1.54, 1.807) is 12.1 Å². The number of amides is 2. The van der Waals surface area contributed by atoms with Crippen LogP contribution in [0.1, 0.15) is 56.8 Å². The Bertz CT molecular complexity index is 1020. The predicted molar refractivity (Wildman–Crippen MR) is 135 cm³/mol. The molecule has 7 heteroatoms. The Labute approximate surface area is 207 Å². The summed E-state index contributed by atoms with van der Waals surface area (Å²) in [5.74, 6) is -0.928. The van der Waals surface area contributed by atoms with Gasteiger partial charge < -0.3 is 20.5 Å². The average molecular weight is 481 g/mol. The summed E-state index contributed by atoms with van der Waals surface area (Å²) in [5, 5.41) is 15.3. The molecule has 0 saturated carbocycles. The Balaban J connectivity index is 1.74. The number of epoxide rings is 1. The van der Waals surface area contributed by atoms with Gasteiger partial charge in [-0.15, -0.1) is 0 Å². The zero-order chi connectivity index (χ0) is 25.4. The van der Waals surface area contributed by atoms with Gasteiger partial charge in [-0.3, -0.25) is 14.4 Å². The topological polar surface area (TPSA) is 108 Å². The third-order valence-electron chi connectivity index (χ3n) is 6.24. The second-order valence-electron chi connectivity index (χ2n) is 9.61. The van der Waals surface area contributed by atoms with E-state index in [1.165, 1.54) is 0 Å². The summed E-state index contributed by atoms with van der Waals surface area (Å²) >= 11 is 0. The fourth-order valence-corrected chi connectivity index (χ4v) is 4.08. The molecule has 2 amide bonds. The number of hydrogen-bond donors (Lipinski definition) is 3. The molecule has 1 aliphatic rings. The van der Waals surface area contributed by atoms with Gasteiger partial charge in [-0.05, 0) is 42.0 Å². The number of aliphatic hydroxyl groups is 1. The van der Waals surface area contributed by atoms with Gasteiger partial charge in [0.05, 0.1) is 19.3 Å². The number of aliphatic hydroxyl groups excluding tert-OH is 1. The fourth-order valence-electron chi connectivity index (χ4n) is 4.08. The molecule has 188 valence electrons. The molecule has 3 N–H and O–H groups in total. The van der Waals surface area contributed by atoms with Gasteiger partial charge in [0.1, 0.15) is 6.04 Å². The van der Waals surface area contributed by atoms with Gasteiger partial charge >= 0.3 is 0 Å². The van der Waals surface area contributed by atoms with Crippen LogP contribution in [0.2, 0.25) is 0 Å². The minimum absolute atomic E-state index is 0.142. The van der Waals surface area contributed by atoms with E-state index < -0.39 is 30.2 Å². The molecule has 0 aliphatic carbocycles. The van der Waals surface area contributed by atoms with Gasteiger partial charge in [-0.1, -0.05) is 76.1 Å². The van der Waals surface area contributed by atoms with Crippen molar-refractivity contribution >= 4 is 17.6 Å². The highest BCUT2D eigenvalue weighted by molar-refractivity contribution is 6.00. The molecule has 2 aromatic carbocycles. The van der Waals surface area contributed by atoms with Crippen LogP contribution in [0.5, 0.6) is 0 Å². The summed E-state index contributed by atoms with van der Waals surface area (Å²) in [6.45, 7) is 5.68. The normalized spacial score (nSPS) is 18.5. The lowest BCUT2D eigenvalue weighted by molar-refractivity contribution is -0.133. The molecule has 1 fully saturated rings.